The second-order valence-corrected chi connectivity index (χ2v) is 10.3. The zero-order valence-electron chi connectivity index (χ0n) is 18.1. The predicted octanol–water partition coefficient (Wildman–Crippen LogP) is 6.56. The van der Waals surface area contributed by atoms with E-state index in [2.05, 4.69) is 44.1 Å². The Labute approximate surface area is 191 Å². The quantitative estimate of drug-likeness (QED) is 0.325. The fraction of sp³-hybridized carbons (Fsp3) is 0.240. The Kier molecular flexibility index (Phi) is 6.12. The van der Waals surface area contributed by atoms with Crippen molar-refractivity contribution in [3.8, 4) is 0 Å². The van der Waals surface area contributed by atoms with Crippen LogP contribution in [-0.4, -0.2) is 22.1 Å². The molecule has 2 aromatic heterocycles. The third-order valence-corrected chi connectivity index (χ3v) is 6.89. The summed E-state index contributed by atoms with van der Waals surface area (Å²) in [6.45, 7) is 6.93. The second-order valence-electron chi connectivity index (χ2n) is 8.41. The highest BCUT2D eigenvalue weighted by Crippen LogP contribution is 2.33. The lowest BCUT2D eigenvalue weighted by Gasteiger charge is -2.22. The maximum atomic E-state index is 13.6. The van der Waals surface area contributed by atoms with E-state index in [1.807, 2.05) is 42.5 Å². The molecule has 0 fully saturated rings. The van der Waals surface area contributed by atoms with Crippen molar-refractivity contribution in [2.24, 2.45) is 0 Å². The molecule has 0 spiro atoms. The fourth-order valence-corrected chi connectivity index (χ4v) is 4.82. The smallest absolute Gasteiger partial charge is 0.260 e. The van der Waals surface area contributed by atoms with Crippen molar-refractivity contribution in [3.05, 3.63) is 83.7 Å². The molecule has 31 heavy (non-hydrogen) atoms. The highest BCUT2D eigenvalue weighted by Gasteiger charge is 2.23. The molecule has 0 unspecified atom stereocenters. The van der Waals surface area contributed by atoms with E-state index < -0.39 is 0 Å². The SMILES string of the molecule is CSc1ccc2nc(N(Cc3cccnc3)C(=O)c3ccc(C(C)(C)C)cc3)sc2c1. The summed E-state index contributed by atoms with van der Waals surface area (Å²) < 4.78 is 1.08. The summed E-state index contributed by atoms with van der Waals surface area (Å²) in [6.07, 6.45) is 5.59. The first-order valence-corrected chi connectivity index (χ1v) is 12.2. The number of hydrogen-bond donors (Lipinski definition) is 0. The van der Waals surface area contributed by atoms with Gasteiger partial charge in [0, 0.05) is 22.9 Å². The minimum Gasteiger partial charge on any atom is -0.279 e. The van der Waals surface area contributed by atoms with Crippen LogP contribution in [0.3, 0.4) is 0 Å². The average Bonchev–Trinajstić information content (AvgIpc) is 3.20. The summed E-state index contributed by atoms with van der Waals surface area (Å²) in [5, 5.41) is 0.696. The van der Waals surface area contributed by atoms with Crippen LogP contribution in [0.4, 0.5) is 5.13 Å². The molecule has 4 rings (SSSR count). The number of pyridine rings is 1. The minimum atomic E-state index is -0.0616. The molecule has 6 heteroatoms. The number of aromatic nitrogens is 2. The molecule has 0 saturated carbocycles. The largest absolute Gasteiger partial charge is 0.279 e. The first kappa shape index (κ1) is 21.5. The molecule has 158 valence electrons. The number of amides is 1. The third-order valence-electron chi connectivity index (χ3n) is 5.12. The number of anilines is 1. The molecule has 2 heterocycles. The standard InChI is InChI=1S/C25H25N3OS2/c1-25(2,3)19-9-7-18(8-10-19)23(29)28(16-17-6-5-13-26-15-17)24-27-21-12-11-20(30-4)14-22(21)31-24/h5-15H,16H2,1-4H3. The van der Waals surface area contributed by atoms with Crippen molar-refractivity contribution in [2.45, 2.75) is 37.6 Å². The first-order chi connectivity index (χ1) is 14.8. The monoisotopic (exact) mass is 447 g/mol. The Balaban J connectivity index is 1.73. The van der Waals surface area contributed by atoms with E-state index in [0.29, 0.717) is 17.2 Å². The Hall–Kier alpha value is -2.70. The number of nitrogens with zero attached hydrogens (tertiary/aromatic N) is 3. The number of fused-ring (bicyclic) bond motifs is 1. The summed E-state index contributed by atoms with van der Waals surface area (Å²) in [5.41, 5.74) is 3.77. The summed E-state index contributed by atoms with van der Waals surface area (Å²) in [7, 11) is 0. The van der Waals surface area contributed by atoms with E-state index in [0.717, 1.165) is 15.8 Å². The van der Waals surface area contributed by atoms with E-state index in [-0.39, 0.29) is 11.3 Å². The molecule has 0 atom stereocenters. The van der Waals surface area contributed by atoms with Crippen molar-refractivity contribution in [1.29, 1.82) is 0 Å². The highest BCUT2D eigenvalue weighted by atomic mass is 32.2. The number of carbonyl (C=O) groups excluding carboxylic acids is 1. The summed E-state index contributed by atoms with van der Waals surface area (Å²) in [4.78, 5) is 25.5. The number of rotatable bonds is 5. The van der Waals surface area contributed by atoms with Gasteiger partial charge in [0.15, 0.2) is 5.13 Å². The molecule has 0 saturated heterocycles. The Morgan fingerprint density at radius 1 is 1.10 bits per heavy atom. The van der Waals surface area contributed by atoms with Gasteiger partial charge >= 0.3 is 0 Å². The van der Waals surface area contributed by atoms with Crippen LogP contribution in [-0.2, 0) is 12.0 Å². The van der Waals surface area contributed by atoms with Crippen molar-refractivity contribution < 1.29 is 4.79 Å². The molecular formula is C25H25N3OS2. The molecule has 0 aliphatic rings. The van der Waals surface area contributed by atoms with Crippen LogP contribution in [0.5, 0.6) is 0 Å². The maximum absolute atomic E-state index is 13.6. The number of carbonyl (C=O) groups is 1. The van der Waals surface area contributed by atoms with Crippen LogP contribution in [0, 0.1) is 0 Å². The van der Waals surface area contributed by atoms with Gasteiger partial charge < -0.3 is 0 Å². The van der Waals surface area contributed by atoms with Gasteiger partial charge in [0.1, 0.15) is 0 Å². The molecule has 0 radical (unpaired) electrons. The van der Waals surface area contributed by atoms with Gasteiger partial charge in [0.2, 0.25) is 0 Å². The molecule has 0 aliphatic heterocycles. The zero-order valence-corrected chi connectivity index (χ0v) is 19.8. The van der Waals surface area contributed by atoms with Gasteiger partial charge in [-0.2, -0.15) is 0 Å². The topological polar surface area (TPSA) is 46.1 Å². The van der Waals surface area contributed by atoms with Crippen molar-refractivity contribution in [3.63, 3.8) is 0 Å². The normalized spacial score (nSPS) is 11.6. The van der Waals surface area contributed by atoms with Crippen LogP contribution in [0.2, 0.25) is 0 Å². The molecule has 4 nitrogen and oxygen atoms in total. The fourth-order valence-electron chi connectivity index (χ4n) is 3.30. The summed E-state index contributed by atoms with van der Waals surface area (Å²) in [6, 6.07) is 18.0. The third kappa shape index (κ3) is 4.81. The molecule has 1 amide bonds. The van der Waals surface area contributed by atoms with Crippen molar-refractivity contribution in [1.82, 2.24) is 9.97 Å². The summed E-state index contributed by atoms with van der Waals surface area (Å²) in [5.74, 6) is -0.0616. The Morgan fingerprint density at radius 3 is 2.52 bits per heavy atom. The molecule has 4 aromatic rings. The van der Waals surface area contributed by atoms with Crippen molar-refractivity contribution >= 4 is 44.4 Å². The lowest BCUT2D eigenvalue weighted by molar-refractivity contribution is 0.0985. The second kappa shape index (κ2) is 8.81. The van der Waals surface area contributed by atoms with E-state index in [1.165, 1.54) is 10.5 Å². The molecule has 0 bridgehead atoms. The Morgan fingerprint density at radius 2 is 1.87 bits per heavy atom. The van der Waals surface area contributed by atoms with Crippen LogP contribution in [0.25, 0.3) is 10.2 Å². The first-order valence-electron chi connectivity index (χ1n) is 10.1. The molecule has 2 aromatic carbocycles. The van der Waals surface area contributed by atoms with Crippen LogP contribution >= 0.6 is 23.1 Å². The lowest BCUT2D eigenvalue weighted by atomic mass is 9.86. The molecule has 0 N–H and O–H groups in total. The highest BCUT2D eigenvalue weighted by molar-refractivity contribution is 7.98. The lowest BCUT2D eigenvalue weighted by Crippen LogP contribution is -2.30. The van der Waals surface area contributed by atoms with Crippen LogP contribution in [0.15, 0.2) is 71.9 Å². The number of thioether (sulfide) groups is 1. The average molecular weight is 448 g/mol. The van der Waals surface area contributed by atoms with Gasteiger partial charge in [-0.3, -0.25) is 14.7 Å². The minimum absolute atomic E-state index is 0.0407. The zero-order chi connectivity index (χ0) is 22.0. The number of hydrogen-bond acceptors (Lipinski definition) is 5. The van der Waals surface area contributed by atoms with Gasteiger partial charge in [-0.25, -0.2) is 4.98 Å². The molecule has 0 aliphatic carbocycles. The van der Waals surface area contributed by atoms with Gasteiger partial charge in [0.25, 0.3) is 5.91 Å². The molecular weight excluding hydrogens is 422 g/mol. The van der Waals surface area contributed by atoms with E-state index in [4.69, 9.17) is 4.98 Å². The van der Waals surface area contributed by atoms with Crippen LogP contribution in [0.1, 0.15) is 42.3 Å². The summed E-state index contributed by atoms with van der Waals surface area (Å²) >= 11 is 3.25. The predicted molar refractivity (Wildman–Crippen MR) is 131 cm³/mol. The van der Waals surface area contributed by atoms with Gasteiger partial charge in [0.05, 0.1) is 16.8 Å². The van der Waals surface area contributed by atoms with Gasteiger partial charge in [-0.1, -0.05) is 50.3 Å². The van der Waals surface area contributed by atoms with Crippen molar-refractivity contribution in [2.75, 3.05) is 11.2 Å². The number of thiazole rings is 1. The Bertz CT molecular complexity index is 1200. The number of benzene rings is 2. The van der Waals surface area contributed by atoms with Gasteiger partial charge in [-0.15, -0.1) is 11.8 Å². The van der Waals surface area contributed by atoms with Gasteiger partial charge in [-0.05, 0) is 59.2 Å². The van der Waals surface area contributed by atoms with E-state index in [9.17, 15) is 4.79 Å². The maximum Gasteiger partial charge on any atom is 0.260 e. The van der Waals surface area contributed by atoms with E-state index >= 15 is 0 Å². The van der Waals surface area contributed by atoms with E-state index in [1.54, 1.807) is 40.4 Å². The van der Waals surface area contributed by atoms with Crippen LogP contribution < -0.4 is 4.90 Å².